The first-order valence-corrected chi connectivity index (χ1v) is 7.22. The van der Waals surface area contributed by atoms with Crippen molar-refractivity contribution in [2.24, 2.45) is 5.41 Å². The Morgan fingerprint density at radius 1 is 1.00 bits per heavy atom. The van der Waals surface area contributed by atoms with E-state index in [-0.39, 0.29) is 0 Å². The predicted molar refractivity (Wildman–Crippen MR) is 79.6 cm³/mol. The molecule has 0 unspecified atom stereocenters. The number of hydrogen-bond donors (Lipinski definition) is 2. The van der Waals surface area contributed by atoms with Gasteiger partial charge in [-0.1, -0.05) is 31.0 Å². The van der Waals surface area contributed by atoms with E-state index in [2.05, 4.69) is 33.8 Å². The van der Waals surface area contributed by atoms with Gasteiger partial charge in [0.1, 0.15) is 0 Å². The second-order valence-electron chi connectivity index (χ2n) is 5.98. The number of benzene rings is 1. The third-order valence-corrected chi connectivity index (χ3v) is 4.73. The summed E-state index contributed by atoms with van der Waals surface area (Å²) in [4.78, 5) is 4.55. The Balaban J connectivity index is 1.78. The molecule has 0 atom stereocenters. The molecule has 0 saturated heterocycles. The molecule has 2 N–H and O–H groups in total. The van der Waals surface area contributed by atoms with Gasteiger partial charge >= 0.3 is 0 Å². The van der Waals surface area contributed by atoms with Gasteiger partial charge in [0.25, 0.3) is 0 Å². The highest BCUT2D eigenvalue weighted by Gasteiger charge is 2.35. The molecule has 4 rings (SSSR count). The molecule has 1 aromatic heterocycles. The van der Waals surface area contributed by atoms with E-state index in [0.717, 1.165) is 24.3 Å². The fourth-order valence-corrected chi connectivity index (χ4v) is 3.57. The number of anilines is 2. The largest absolute Gasteiger partial charge is 0.382 e. The van der Waals surface area contributed by atoms with Crippen LogP contribution >= 0.6 is 0 Å². The monoisotopic (exact) mass is 253 g/mol. The molecule has 0 radical (unpaired) electrons. The highest BCUT2D eigenvalue weighted by atomic mass is 15.0. The zero-order valence-electron chi connectivity index (χ0n) is 11.1. The average Bonchev–Trinajstić information content (AvgIpc) is 2.83. The van der Waals surface area contributed by atoms with Crippen molar-refractivity contribution in [2.45, 2.75) is 25.7 Å². The maximum atomic E-state index is 4.55. The lowest BCUT2D eigenvalue weighted by Crippen LogP contribution is -2.31. The molecule has 0 amide bonds. The molecular weight excluding hydrogens is 234 g/mol. The Bertz CT molecular complexity index is 614. The number of nitrogens with one attached hydrogen (secondary N) is 2. The van der Waals surface area contributed by atoms with Crippen LogP contribution in [0.15, 0.2) is 30.5 Å². The highest BCUT2D eigenvalue weighted by molar-refractivity contribution is 5.97. The second kappa shape index (κ2) is 4.12. The van der Waals surface area contributed by atoms with E-state index in [1.807, 2.05) is 12.3 Å². The molecule has 0 bridgehead atoms. The number of pyridine rings is 1. The van der Waals surface area contributed by atoms with E-state index in [9.17, 15) is 0 Å². The lowest BCUT2D eigenvalue weighted by molar-refractivity contribution is 0.346. The number of nitrogens with zero attached hydrogens (tertiary/aromatic N) is 1. The van der Waals surface area contributed by atoms with Crippen molar-refractivity contribution >= 4 is 22.3 Å². The molecule has 3 nitrogen and oxygen atoms in total. The van der Waals surface area contributed by atoms with Crippen LogP contribution in [0.2, 0.25) is 0 Å². The third-order valence-electron chi connectivity index (χ3n) is 4.73. The zero-order chi connectivity index (χ0) is 12.7. The van der Waals surface area contributed by atoms with Crippen LogP contribution in [0.25, 0.3) is 10.9 Å². The Hall–Kier alpha value is -1.77. The molecule has 2 aliphatic rings. The van der Waals surface area contributed by atoms with Gasteiger partial charge < -0.3 is 10.6 Å². The van der Waals surface area contributed by atoms with Crippen LogP contribution in [-0.4, -0.2) is 18.1 Å². The fraction of sp³-hybridized carbons (Fsp3) is 0.438. The number of fused-ring (bicyclic) bond motifs is 3. The quantitative estimate of drug-likeness (QED) is 0.752. The van der Waals surface area contributed by atoms with Crippen molar-refractivity contribution in [1.29, 1.82) is 0 Å². The molecule has 1 aliphatic carbocycles. The SMILES string of the molecule is c1ccc2c3c(cnc2c1)NCC1(CCCC1)CN3. The van der Waals surface area contributed by atoms with Crippen molar-refractivity contribution in [2.75, 3.05) is 23.7 Å². The minimum absolute atomic E-state index is 0.445. The lowest BCUT2D eigenvalue weighted by atomic mass is 9.86. The Morgan fingerprint density at radius 3 is 2.68 bits per heavy atom. The predicted octanol–water partition coefficient (Wildman–Crippen LogP) is 3.63. The van der Waals surface area contributed by atoms with Crippen molar-refractivity contribution in [3.63, 3.8) is 0 Å². The topological polar surface area (TPSA) is 37.0 Å². The molecule has 98 valence electrons. The van der Waals surface area contributed by atoms with Crippen LogP contribution in [-0.2, 0) is 0 Å². The van der Waals surface area contributed by atoms with Gasteiger partial charge in [-0.25, -0.2) is 0 Å². The Morgan fingerprint density at radius 2 is 1.79 bits per heavy atom. The van der Waals surface area contributed by atoms with Gasteiger partial charge in [-0.15, -0.1) is 0 Å². The Kier molecular flexibility index (Phi) is 2.40. The van der Waals surface area contributed by atoms with Crippen LogP contribution < -0.4 is 10.6 Å². The van der Waals surface area contributed by atoms with Gasteiger partial charge in [0.15, 0.2) is 0 Å². The minimum Gasteiger partial charge on any atom is -0.382 e. The average molecular weight is 253 g/mol. The summed E-state index contributed by atoms with van der Waals surface area (Å²) in [7, 11) is 0. The first-order valence-electron chi connectivity index (χ1n) is 7.22. The van der Waals surface area contributed by atoms with E-state index in [0.29, 0.717) is 5.41 Å². The van der Waals surface area contributed by atoms with Crippen LogP contribution in [0.3, 0.4) is 0 Å². The number of aromatic nitrogens is 1. The lowest BCUT2D eigenvalue weighted by Gasteiger charge is -2.27. The summed E-state index contributed by atoms with van der Waals surface area (Å²) in [5, 5.41) is 8.55. The summed E-state index contributed by atoms with van der Waals surface area (Å²) in [5.41, 5.74) is 3.90. The molecular formula is C16H19N3. The first kappa shape index (κ1) is 11.1. The highest BCUT2D eigenvalue weighted by Crippen LogP contribution is 2.42. The summed E-state index contributed by atoms with van der Waals surface area (Å²) >= 11 is 0. The molecule has 1 spiro atoms. The van der Waals surface area contributed by atoms with Crippen LogP contribution in [0.5, 0.6) is 0 Å². The van der Waals surface area contributed by atoms with Crippen LogP contribution in [0, 0.1) is 5.41 Å². The molecule has 1 aliphatic heterocycles. The standard InChI is InChI=1S/C16H19N3/c1-2-6-13-12(5-1)15-14(9-17-13)18-10-16(11-19-15)7-3-4-8-16/h1-2,5-6,9,18-19H,3-4,7-8,10-11H2. The summed E-state index contributed by atoms with van der Waals surface area (Å²) < 4.78 is 0. The van der Waals surface area contributed by atoms with Gasteiger partial charge in [-0.3, -0.25) is 4.98 Å². The van der Waals surface area contributed by atoms with E-state index in [4.69, 9.17) is 0 Å². The van der Waals surface area contributed by atoms with E-state index >= 15 is 0 Å². The first-order chi connectivity index (χ1) is 9.36. The molecule has 1 fully saturated rings. The minimum atomic E-state index is 0.445. The molecule has 1 aromatic carbocycles. The zero-order valence-corrected chi connectivity index (χ0v) is 11.1. The smallest absolute Gasteiger partial charge is 0.0769 e. The third kappa shape index (κ3) is 1.76. The molecule has 2 heterocycles. The van der Waals surface area contributed by atoms with Crippen LogP contribution in [0.4, 0.5) is 11.4 Å². The van der Waals surface area contributed by atoms with Gasteiger partial charge in [-0.05, 0) is 18.9 Å². The molecule has 3 heteroatoms. The van der Waals surface area contributed by atoms with Crippen LogP contribution in [0.1, 0.15) is 25.7 Å². The number of hydrogen-bond acceptors (Lipinski definition) is 3. The van der Waals surface area contributed by atoms with Gasteiger partial charge in [0.05, 0.1) is 23.1 Å². The second-order valence-corrected chi connectivity index (χ2v) is 5.98. The summed E-state index contributed by atoms with van der Waals surface area (Å²) in [5.74, 6) is 0. The van der Waals surface area contributed by atoms with Crippen molar-refractivity contribution in [1.82, 2.24) is 4.98 Å². The summed E-state index contributed by atoms with van der Waals surface area (Å²) in [6, 6.07) is 8.36. The van der Waals surface area contributed by atoms with E-state index in [1.54, 1.807) is 0 Å². The Labute approximate surface area is 113 Å². The maximum absolute atomic E-state index is 4.55. The van der Waals surface area contributed by atoms with Crippen molar-refractivity contribution < 1.29 is 0 Å². The van der Waals surface area contributed by atoms with E-state index in [1.165, 1.54) is 36.8 Å². The molecule has 1 saturated carbocycles. The summed E-state index contributed by atoms with van der Waals surface area (Å²) in [6.45, 7) is 2.16. The molecule has 2 aromatic rings. The van der Waals surface area contributed by atoms with E-state index < -0.39 is 0 Å². The number of rotatable bonds is 0. The van der Waals surface area contributed by atoms with Gasteiger partial charge in [-0.2, -0.15) is 0 Å². The maximum Gasteiger partial charge on any atom is 0.0769 e. The van der Waals surface area contributed by atoms with Crippen molar-refractivity contribution in [3.05, 3.63) is 30.5 Å². The van der Waals surface area contributed by atoms with Gasteiger partial charge in [0.2, 0.25) is 0 Å². The van der Waals surface area contributed by atoms with Gasteiger partial charge in [0, 0.05) is 23.9 Å². The summed E-state index contributed by atoms with van der Waals surface area (Å²) in [6.07, 6.45) is 7.40. The van der Waals surface area contributed by atoms with Crippen molar-refractivity contribution in [3.8, 4) is 0 Å². The fourth-order valence-electron chi connectivity index (χ4n) is 3.57. The number of para-hydroxylation sites is 1. The molecule has 19 heavy (non-hydrogen) atoms. The normalized spacial score (nSPS) is 20.6.